The monoisotopic (exact) mass is 456 g/mol. The second kappa shape index (κ2) is 9.82. The number of halogens is 1. The molecule has 1 atom stereocenters. The van der Waals surface area contributed by atoms with Crippen molar-refractivity contribution in [2.75, 3.05) is 17.7 Å². The van der Waals surface area contributed by atoms with Gasteiger partial charge in [0.25, 0.3) is 5.91 Å². The van der Waals surface area contributed by atoms with Gasteiger partial charge >= 0.3 is 0 Å². The minimum atomic E-state index is -3.67. The van der Waals surface area contributed by atoms with E-state index in [0.29, 0.717) is 11.3 Å². The number of benzene rings is 3. The van der Waals surface area contributed by atoms with Crippen molar-refractivity contribution in [3.63, 3.8) is 0 Å². The molecule has 1 unspecified atom stereocenters. The van der Waals surface area contributed by atoms with Crippen molar-refractivity contribution < 1.29 is 22.3 Å². The number of carbonyl (C=O) groups excluding carboxylic acids is 1. The molecule has 168 valence electrons. The predicted octanol–water partition coefficient (Wildman–Crippen LogP) is 4.29. The smallest absolute Gasteiger partial charge is 0.251 e. The fourth-order valence-corrected chi connectivity index (χ4v) is 4.09. The second-order valence-corrected chi connectivity index (χ2v) is 9.28. The average molecular weight is 457 g/mol. The van der Waals surface area contributed by atoms with E-state index in [-0.39, 0.29) is 24.1 Å². The summed E-state index contributed by atoms with van der Waals surface area (Å²) in [6.45, 7) is 1.72. The first-order valence-electron chi connectivity index (χ1n) is 9.95. The topological polar surface area (TPSA) is 75.7 Å². The second-order valence-electron chi connectivity index (χ2n) is 7.38. The van der Waals surface area contributed by atoms with Gasteiger partial charge in [0.1, 0.15) is 11.6 Å². The first kappa shape index (κ1) is 23.3. The molecule has 0 aliphatic carbocycles. The highest BCUT2D eigenvalue weighted by Gasteiger charge is 2.20. The Labute approximate surface area is 187 Å². The molecule has 32 heavy (non-hydrogen) atoms. The SMILES string of the molecule is COc1ccc(C(C)NC(=O)c2ccc(N(Cc3ccccc3F)S(C)(=O)=O)cc2)cc1. The Morgan fingerprint density at radius 3 is 2.22 bits per heavy atom. The lowest BCUT2D eigenvalue weighted by Gasteiger charge is -2.23. The fourth-order valence-electron chi connectivity index (χ4n) is 3.22. The van der Waals surface area contributed by atoms with Crippen LogP contribution in [0.2, 0.25) is 0 Å². The zero-order valence-corrected chi connectivity index (χ0v) is 18.9. The molecule has 1 amide bonds. The number of nitrogens with zero attached hydrogens (tertiary/aromatic N) is 1. The normalized spacial score (nSPS) is 12.1. The Morgan fingerprint density at radius 2 is 1.66 bits per heavy atom. The van der Waals surface area contributed by atoms with E-state index in [1.165, 1.54) is 24.3 Å². The van der Waals surface area contributed by atoms with Crippen molar-refractivity contribution in [2.45, 2.75) is 19.5 Å². The van der Waals surface area contributed by atoms with Gasteiger partial charge in [0.2, 0.25) is 10.0 Å². The Kier molecular flexibility index (Phi) is 7.15. The number of rotatable bonds is 8. The third-order valence-electron chi connectivity index (χ3n) is 5.05. The summed E-state index contributed by atoms with van der Waals surface area (Å²) in [5.74, 6) is -0.0433. The fraction of sp³-hybridized carbons (Fsp3) is 0.208. The molecule has 0 bridgehead atoms. The lowest BCUT2D eigenvalue weighted by atomic mass is 10.1. The van der Waals surface area contributed by atoms with Gasteiger partial charge in [0, 0.05) is 11.1 Å². The summed E-state index contributed by atoms with van der Waals surface area (Å²) >= 11 is 0. The maximum Gasteiger partial charge on any atom is 0.251 e. The van der Waals surface area contributed by atoms with Crippen molar-refractivity contribution in [1.29, 1.82) is 0 Å². The van der Waals surface area contributed by atoms with Crippen LogP contribution in [0.15, 0.2) is 72.8 Å². The minimum absolute atomic E-state index is 0.147. The Morgan fingerprint density at radius 1 is 1.03 bits per heavy atom. The molecule has 3 aromatic rings. The van der Waals surface area contributed by atoms with Gasteiger partial charge in [-0.2, -0.15) is 0 Å². The standard InChI is InChI=1S/C24H25FN2O4S/c1-17(18-10-14-22(31-2)15-11-18)26-24(28)19-8-12-21(13-9-19)27(32(3,29)30)16-20-6-4-5-7-23(20)25/h4-15,17H,16H2,1-3H3,(H,26,28). The summed E-state index contributed by atoms with van der Waals surface area (Å²) in [5, 5.41) is 2.91. The molecule has 1 N–H and O–H groups in total. The molecule has 0 aliphatic heterocycles. The van der Waals surface area contributed by atoms with Crippen LogP contribution in [0.1, 0.15) is 34.5 Å². The number of carbonyl (C=O) groups is 1. The summed E-state index contributed by atoms with van der Waals surface area (Å²) in [5.41, 5.74) is 1.90. The van der Waals surface area contributed by atoms with Crippen molar-refractivity contribution >= 4 is 21.6 Å². The number of anilines is 1. The number of hydrogen-bond acceptors (Lipinski definition) is 4. The van der Waals surface area contributed by atoms with Gasteiger partial charge in [-0.1, -0.05) is 30.3 Å². The van der Waals surface area contributed by atoms with Crippen molar-refractivity contribution in [3.8, 4) is 5.75 Å². The van der Waals surface area contributed by atoms with E-state index in [0.717, 1.165) is 21.9 Å². The van der Waals surface area contributed by atoms with Crippen LogP contribution in [-0.2, 0) is 16.6 Å². The first-order valence-corrected chi connectivity index (χ1v) is 11.8. The predicted molar refractivity (Wildman–Crippen MR) is 123 cm³/mol. The van der Waals surface area contributed by atoms with E-state index in [1.54, 1.807) is 31.4 Å². The maximum absolute atomic E-state index is 14.0. The number of amides is 1. The van der Waals surface area contributed by atoms with Crippen LogP contribution in [-0.4, -0.2) is 27.7 Å². The van der Waals surface area contributed by atoms with E-state index < -0.39 is 15.8 Å². The van der Waals surface area contributed by atoms with Gasteiger partial charge < -0.3 is 10.1 Å². The highest BCUT2D eigenvalue weighted by Crippen LogP contribution is 2.23. The van der Waals surface area contributed by atoms with E-state index in [1.807, 2.05) is 31.2 Å². The van der Waals surface area contributed by atoms with Gasteiger partial charge in [-0.05, 0) is 55.0 Å². The third-order valence-corrected chi connectivity index (χ3v) is 6.19. The highest BCUT2D eigenvalue weighted by atomic mass is 32.2. The average Bonchev–Trinajstić information content (AvgIpc) is 2.78. The molecular weight excluding hydrogens is 431 g/mol. The van der Waals surface area contributed by atoms with Crippen molar-refractivity contribution in [1.82, 2.24) is 5.32 Å². The molecule has 0 heterocycles. The maximum atomic E-state index is 14.0. The van der Waals surface area contributed by atoms with Gasteiger partial charge in [-0.15, -0.1) is 0 Å². The molecule has 6 nitrogen and oxygen atoms in total. The third kappa shape index (κ3) is 5.64. The van der Waals surface area contributed by atoms with E-state index in [2.05, 4.69) is 5.32 Å². The molecule has 8 heteroatoms. The number of sulfonamides is 1. The first-order chi connectivity index (χ1) is 15.2. The molecule has 0 aromatic heterocycles. The lowest BCUT2D eigenvalue weighted by molar-refractivity contribution is 0.0940. The molecule has 3 aromatic carbocycles. The van der Waals surface area contributed by atoms with Gasteiger partial charge in [-0.3, -0.25) is 9.10 Å². The van der Waals surface area contributed by atoms with Crippen LogP contribution >= 0.6 is 0 Å². The molecule has 3 rings (SSSR count). The lowest BCUT2D eigenvalue weighted by Crippen LogP contribution is -2.30. The van der Waals surface area contributed by atoms with Gasteiger partial charge in [-0.25, -0.2) is 12.8 Å². The molecule has 0 radical (unpaired) electrons. The van der Waals surface area contributed by atoms with Crippen LogP contribution < -0.4 is 14.4 Å². The quantitative estimate of drug-likeness (QED) is 0.549. The van der Waals surface area contributed by atoms with Gasteiger partial charge in [0.05, 0.1) is 31.6 Å². The highest BCUT2D eigenvalue weighted by molar-refractivity contribution is 7.92. The zero-order valence-electron chi connectivity index (χ0n) is 18.1. The number of methoxy groups -OCH3 is 1. The number of nitrogens with one attached hydrogen (secondary N) is 1. The summed E-state index contributed by atoms with van der Waals surface area (Å²) < 4.78 is 45.0. The molecule has 0 saturated heterocycles. The van der Waals surface area contributed by atoms with E-state index >= 15 is 0 Å². The molecule has 0 saturated carbocycles. The Bertz CT molecular complexity index is 1180. The zero-order chi connectivity index (χ0) is 23.3. The number of hydrogen-bond donors (Lipinski definition) is 1. The molecule has 0 fully saturated rings. The van der Waals surface area contributed by atoms with Crippen LogP contribution in [0.5, 0.6) is 5.75 Å². The van der Waals surface area contributed by atoms with E-state index in [4.69, 9.17) is 4.74 Å². The molecule has 0 spiro atoms. The van der Waals surface area contributed by atoms with Crippen molar-refractivity contribution in [3.05, 3.63) is 95.3 Å². The molecular formula is C24H25FN2O4S. The molecule has 0 aliphatic rings. The summed E-state index contributed by atoms with van der Waals surface area (Å²) in [6.07, 6.45) is 1.06. The van der Waals surface area contributed by atoms with Crippen LogP contribution in [0, 0.1) is 5.82 Å². The van der Waals surface area contributed by atoms with Crippen molar-refractivity contribution in [2.24, 2.45) is 0 Å². The summed E-state index contributed by atoms with van der Waals surface area (Å²) in [7, 11) is -2.08. The summed E-state index contributed by atoms with van der Waals surface area (Å²) in [4.78, 5) is 12.6. The Balaban J connectivity index is 1.75. The van der Waals surface area contributed by atoms with E-state index in [9.17, 15) is 17.6 Å². The Hall–Kier alpha value is -3.39. The van der Waals surface area contributed by atoms with Crippen LogP contribution in [0.4, 0.5) is 10.1 Å². The minimum Gasteiger partial charge on any atom is -0.497 e. The van der Waals surface area contributed by atoms with Gasteiger partial charge in [0.15, 0.2) is 0 Å². The van der Waals surface area contributed by atoms with Crippen LogP contribution in [0.25, 0.3) is 0 Å². The number of ether oxygens (including phenoxy) is 1. The summed E-state index contributed by atoms with van der Waals surface area (Å²) in [6, 6.07) is 19.3. The van der Waals surface area contributed by atoms with Crippen LogP contribution in [0.3, 0.4) is 0 Å². The largest absolute Gasteiger partial charge is 0.497 e.